The second kappa shape index (κ2) is 8.91. The Morgan fingerprint density at radius 2 is 1.76 bits per heavy atom. The fourth-order valence-electron chi connectivity index (χ4n) is 6.85. The molecule has 2 aromatic carbocycles. The summed E-state index contributed by atoms with van der Waals surface area (Å²) in [5.41, 5.74) is 2.78. The van der Waals surface area contributed by atoms with Gasteiger partial charge in [-0.05, 0) is 78.8 Å². The number of halogens is 1. The topological polar surface area (TPSA) is 69.6 Å². The second-order valence-electron chi connectivity index (χ2n) is 10.7. The van der Waals surface area contributed by atoms with Crippen LogP contribution in [0, 0.1) is 11.8 Å². The first-order valence-electron chi connectivity index (χ1n) is 12.5. The highest BCUT2D eigenvalue weighted by Crippen LogP contribution is 2.66. The van der Waals surface area contributed by atoms with Crippen LogP contribution in [-0.2, 0) is 15.4 Å². The van der Waals surface area contributed by atoms with Crippen LogP contribution in [0.5, 0.6) is 0 Å². The van der Waals surface area contributed by atoms with Crippen molar-refractivity contribution in [3.05, 3.63) is 64.1 Å². The zero-order valence-corrected chi connectivity index (χ0v) is 22.4. The molecule has 2 unspecified atom stereocenters. The van der Waals surface area contributed by atoms with Crippen LogP contribution in [0.15, 0.2) is 53.0 Å². The third-order valence-corrected chi connectivity index (χ3v) is 10.5. The molecule has 1 heterocycles. The number of piperidine rings is 1. The number of likely N-dealkylation sites (tertiary alicyclic amines) is 1. The van der Waals surface area contributed by atoms with Crippen LogP contribution in [0.1, 0.15) is 56.6 Å². The van der Waals surface area contributed by atoms with Gasteiger partial charge in [-0.2, -0.15) is 0 Å². The minimum Gasteiger partial charge on any atom is -0.389 e. The number of hydrogen-bond acceptors (Lipinski definition) is 4. The van der Waals surface area contributed by atoms with Gasteiger partial charge in [-0.3, -0.25) is 9.62 Å². The number of benzene rings is 2. The lowest BCUT2D eigenvalue weighted by molar-refractivity contribution is -0.0712. The minimum atomic E-state index is -3.29. The number of aliphatic hydroxyl groups is 1. The lowest BCUT2D eigenvalue weighted by Crippen LogP contribution is -2.51. The first-order chi connectivity index (χ1) is 16.2. The Morgan fingerprint density at radius 3 is 2.38 bits per heavy atom. The number of nitrogens with one attached hydrogen (secondary N) is 1. The Hall–Kier alpha value is -1.41. The molecule has 2 saturated carbocycles. The van der Waals surface area contributed by atoms with E-state index in [-0.39, 0.29) is 11.2 Å². The summed E-state index contributed by atoms with van der Waals surface area (Å²) in [6.07, 6.45) is 3.32. The minimum absolute atomic E-state index is 0.130. The molecule has 184 valence electrons. The zero-order chi connectivity index (χ0) is 24.1. The van der Waals surface area contributed by atoms with E-state index in [2.05, 4.69) is 62.8 Å². The van der Waals surface area contributed by atoms with Crippen LogP contribution in [0.2, 0.25) is 0 Å². The summed E-state index contributed by atoms with van der Waals surface area (Å²) in [7, 11) is -3.29. The van der Waals surface area contributed by atoms with Gasteiger partial charge in [0.25, 0.3) is 0 Å². The van der Waals surface area contributed by atoms with E-state index >= 15 is 0 Å². The summed E-state index contributed by atoms with van der Waals surface area (Å²) in [6.45, 7) is 6.90. The molecule has 5 rings (SSSR count). The van der Waals surface area contributed by atoms with Gasteiger partial charge in [0.2, 0.25) is 10.0 Å². The van der Waals surface area contributed by atoms with Gasteiger partial charge in [0.15, 0.2) is 0 Å². The normalized spacial score (nSPS) is 32.8. The molecule has 2 atom stereocenters. The molecule has 34 heavy (non-hydrogen) atoms. The van der Waals surface area contributed by atoms with Crippen LogP contribution in [-0.4, -0.2) is 49.4 Å². The summed E-state index contributed by atoms with van der Waals surface area (Å²) in [5.74, 6) is 1.74. The molecule has 3 aliphatic rings. The van der Waals surface area contributed by atoms with Crippen molar-refractivity contribution in [3.8, 4) is 0 Å². The van der Waals surface area contributed by atoms with Gasteiger partial charge >= 0.3 is 0 Å². The van der Waals surface area contributed by atoms with E-state index in [0.29, 0.717) is 29.9 Å². The predicted molar refractivity (Wildman–Crippen MR) is 141 cm³/mol. The maximum Gasteiger partial charge on any atom is 0.232 e. The summed E-state index contributed by atoms with van der Waals surface area (Å²) < 4.78 is 28.3. The quantitative estimate of drug-likeness (QED) is 0.458. The molecule has 3 fully saturated rings. The molecule has 0 amide bonds. The van der Waals surface area contributed by atoms with E-state index in [0.717, 1.165) is 43.4 Å². The van der Waals surface area contributed by atoms with E-state index in [1.165, 1.54) is 11.1 Å². The molecule has 1 aliphatic heterocycles. The average molecular weight is 548 g/mol. The summed E-state index contributed by atoms with van der Waals surface area (Å²) in [6, 6.07) is 16.5. The van der Waals surface area contributed by atoms with Gasteiger partial charge in [0.1, 0.15) is 0 Å². The highest BCUT2D eigenvalue weighted by atomic mass is 79.9. The third-order valence-electron chi connectivity index (χ3n) is 8.45. The molecule has 2 aliphatic carbocycles. The zero-order valence-electron chi connectivity index (χ0n) is 20.0. The Bertz CT molecular complexity index is 1130. The first kappa shape index (κ1) is 24.3. The van der Waals surface area contributed by atoms with Crippen LogP contribution < -0.4 is 4.72 Å². The Morgan fingerprint density at radius 1 is 1.09 bits per heavy atom. The maximum atomic E-state index is 12.2. The predicted octanol–water partition coefficient (Wildman–Crippen LogP) is 5.12. The van der Waals surface area contributed by atoms with E-state index in [1.54, 1.807) is 0 Å². The van der Waals surface area contributed by atoms with Crippen molar-refractivity contribution in [3.63, 3.8) is 0 Å². The third kappa shape index (κ3) is 4.45. The van der Waals surface area contributed by atoms with Crippen LogP contribution in [0.4, 0.5) is 5.69 Å². The van der Waals surface area contributed by atoms with Crippen molar-refractivity contribution in [2.45, 2.75) is 56.5 Å². The highest BCUT2D eigenvalue weighted by molar-refractivity contribution is 9.10. The Balaban J connectivity index is 1.20. The largest absolute Gasteiger partial charge is 0.389 e. The fraction of sp³-hybridized carbons (Fsp3) is 0.556. The molecule has 0 bridgehead atoms. The molecule has 1 saturated heterocycles. The van der Waals surface area contributed by atoms with Gasteiger partial charge in [-0.25, -0.2) is 8.42 Å². The van der Waals surface area contributed by atoms with E-state index in [4.69, 9.17) is 0 Å². The van der Waals surface area contributed by atoms with E-state index in [9.17, 15) is 13.5 Å². The lowest BCUT2D eigenvalue weighted by atomic mass is 9.67. The molecular weight excluding hydrogens is 512 g/mol. The molecule has 2 N–H and O–H groups in total. The van der Waals surface area contributed by atoms with Crippen LogP contribution in [0.25, 0.3) is 0 Å². The SMILES string of the molecule is CCCS(=O)(=O)Nc1cccc(C2(CC)C3CN(CC4(O)CC(c5ccc(Br)cc5)C4)CC32)c1. The van der Waals surface area contributed by atoms with Gasteiger partial charge in [-0.1, -0.05) is 54.0 Å². The number of rotatable bonds is 9. The maximum absolute atomic E-state index is 12.2. The molecule has 5 nitrogen and oxygen atoms in total. The number of β-amino-alcohol motifs (C(OH)–C–C–N with tert-alkyl or cyclic N) is 1. The van der Waals surface area contributed by atoms with Crippen LogP contribution in [0.3, 0.4) is 0 Å². The van der Waals surface area contributed by atoms with Gasteiger partial charge in [0, 0.05) is 35.2 Å². The number of sulfonamides is 1. The Labute approximate surface area is 212 Å². The van der Waals surface area contributed by atoms with Crippen molar-refractivity contribution in [2.24, 2.45) is 11.8 Å². The number of hydrogen-bond donors (Lipinski definition) is 2. The number of nitrogens with zero attached hydrogens (tertiary/aromatic N) is 1. The molecular formula is C27H35BrN2O3S. The van der Waals surface area contributed by atoms with E-state index < -0.39 is 15.6 Å². The summed E-state index contributed by atoms with van der Waals surface area (Å²) >= 11 is 3.49. The number of anilines is 1. The molecule has 0 radical (unpaired) electrons. The summed E-state index contributed by atoms with van der Waals surface area (Å²) in [4.78, 5) is 2.45. The second-order valence-corrected chi connectivity index (χ2v) is 13.4. The smallest absolute Gasteiger partial charge is 0.232 e. The highest BCUT2D eigenvalue weighted by Gasteiger charge is 2.67. The Kier molecular flexibility index (Phi) is 6.37. The van der Waals surface area contributed by atoms with Crippen molar-refractivity contribution in [1.82, 2.24) is 4.90 Å². The van der Waals surface area contributed by atoms with Crippen molar-refractivity contribution in [1.29, 1.82) is 0 Å². The van der Waals surface area contributed by atoms with Gasteiger partial charge < -0.3 is 5.11 Å². The van der Waals surface area contributed by atoms with Crippen molar-refractivity contribution >= 4 is 31.6 Å². The van der Waals surface area contributed by atoms with Crippen molar-refractivity contribution in [2.75, 3.05) is 30.1 Å². The van der Waals surface area contributed by atoms with Gasteiger partial charge in [0.05, 0.1) is 11.4 Å². The molecule has 7 heteroatoms. The van der Waals surface area contributed by atoms with Gasteiger partial charge in [-0.15, -0.1) is 0 Å². The first-order valence-corrected chi connectivity index (χ1v) is 14.9. The average Bonchev–Trinajstić information content (AvgIpc) is 3.15. The molecule has 2 aromatic rings. The molecule has 0 spiro atoms. The molecule has 0 aromatic heterocycles. The number of fused-ring (bicyclic) bond motifs is 1. The summed E-state index contributed by atoms with van der Waals surface area (Å²) in [5, 5.41) is 11.1. The fourth-order valence-corrected chi connectivity index (χ4v) is 8.24. The van der Waals surface area contributed by atoms with E-state index in [1.807, 2.05) is 25.1 Å². The lowest BCUT2D eigenvalue weighted by Gasteiger charge is -2.46. The van der Waals surface area contributed by atoms with Crippen molar-refractivity contribution < 1.29 is 13.5 Å². The van der Waals surface area contributed by atoms with Crippen LogP contribution >= 0.6 is 15.9 Å². The monoisotopic (exact) mass is 546 g/mol. The standard InChI is InChI=1S/C27H35BrN2O3S/c1-3-12-34(32,33)29-23-7-5-6-21(13-23)27(4-2)24-16-30(17-25(24)27)18-26(31)14-20(15-26)19-8-10-22(28)11-9-19/h5-11,13,20,24-25,29,31H,3-4,12,14-18H2,1-2H3.